The smallest absolute Gasteiger partial charge is 0.358 e. The third-order valence-corrected chi connectivity index (χ3v) is 5.32. The van der Waals surface area contributed by atoms with Gasteiger partial charge >= 0.3 is 5.97 Å². The van der Waals surface area contributed by atoms with Gasteiger partial charge in [0, 0.05) is 17.1 Å². The number of carbonyl (C=O) groups excluding carboxylic acids is 2. The van der Waals surface area contributed by atoms with Gasteiger partial charge in [0.05, 0.1) is 4.88 Å². The van der Waals surface area contributed by atoms with Crippen LogP contribution >= 0.6 is 22.7 Å². The van der Waals surface area contributed by atoms with E-state index in [1.807, 2.05) is 17.5 Å². The third kappa shape index (κ3) is 3.53. The Hall–Kier alpha value is -2.91. The maximum atomic E-state index is 12.0. The molecule has 132 valence electrons. The van der Waals surface area contributed by atoms with Gasteiger partial charge in [0.1, 0.15) is 5.01 Å². The summed E-state index contributed by atoms with van der Waals surface area (Å²) in [6.07, 6.45) is 0. The Bertz CT molecular complexity index is 952. The molecule has 2 aromatic heterocycles. The van der Waals surface area contributed by atoms with Crippen molar-refractivity contribution in [3.63, 3.8) is 0 Å². The van der Waals surface area contributed by atoms with Crippen molar-refractivity contribution in [2.45, 2.75) is 0 Å². The second-order valence-corrected chi connectivity index (χ2v) is 7.01. The Morgan fingerprint density at radius 3 is 2.92 bits per heavy atom. The first kappa shape index (κ1) is 16.6. The zero-order valence-corrected chi connectivity index (χ0v) is 14.9. The molecule has 1 aromatic carbocycles. The molecule has 3 heterocycles. The molecule has 0 aliphatic carbocycles. The summed E-state index contributed by atoms with van der Waals surface area (Å²) in [6, 6.07) is 8.87. The zero-order valence-electron chi connectivity index (χ0n) is 13.3. The Morgan fingerprint density at radius 1 is 1.19 bits per heavy atom. The van der Waals surface area contributed by atoms with Crippen LogP contribution in [0.5, 0.6) is 11.5 Å². The molecule has 9 heteroatoms. The molecule has 1 aliphatic heterocycles. The first-order valence-corrected chi connectivity index (χ1v) is 9.31. The van der Waals surface area contributed by atoms with Gasteiger partial charge in [-0.2, -0.15) is 0 Å². The molecule has 4 rings (SSSR count). The number of thiophene rings is 1. The maximum absolute atomic E-state index is 12.0. The number of amides is 1. The van der Waals surface area contributed by atoms with Crippen molar-refractivity contribution in [3.8, 4) is 21.4 Å². The summed E-state index contributed by atoms with van der Waals surface area (Å²) in [5.41, 5.74) is 0.721. The zero-order chi connectivity index (χ0) is 17.9. The molecule has 0 bridgehead atoms. The monoisotopic (exact) mass is 388 g/mol. The van der Waals surface area contributed by atoms with Gasteiger partial charge in [-0.05, 0) is 23.6 Å². The van der Waals surface area contributed by atoms with Crippen molar-refractivity contribution in [2.75, 3.05) is 18.7 Å². The molecule has 0 atom stereocenters. The maximum Gasteiger partial charge on any atom is 0.358 e. The normalized spacial score (nSPS) is 12.0. The molecule has 1 amide bonds. The minimum Gasteiger partial charge on any atom is -0.454 e. The van der Waals surface area contributed by atoms with Gasteiger partial charge in [0.15, 0.2) is 23.8 Å². The summed E-state index contributed by atoms with van der Waals surface area (Å²) in [6.45, 7) is -0.245. The number of nitrogens with one attached hydrogen (secondary N) is 1. The molecule has 7 nitrogen and oxygen atoms in total. The fraction of sp³-hybridized carbons (Fsp3) is 0.118. The molecular weight excluding hydrogens is 376 g/mol. The molecule has 0 saturated carbocycles. The van der Waals surface area contributed by atoms with Crippen LogP contribution in [0.25, 0.3) is 9.88 Å². The molecule has 1 aliphatic rings. The minimum absolute atomic E-state index is 0.158. The number of rotatable bonds is 5. The number of anilines is 1. The fourth-order valence-electron chi connectivity index (χ4n) is 2.26. The van der Waals surface area contributed by atoms with Crippen LogP contribution in [0.4, 0.5) is 5.69 Å². The Morgan fingerprint density at radius 2 is 2.08 bits per heavy atom. The highest BCUT2D eigenvalue weighted by Gasteiger charge is 2.17. The van der Waals surface area contributed by atoms with Crippen molar-refractivity contribution in [3.05, 3.63) is 46.8 Å². The van der Waals surface area contributed by atoms with Crippen LogP contribution < -0.4 is 14.8 Å². The van der Waals surface area contributed by atoms with Crippen LogP contribution in [-0.2, 0) is 9.53 Å². The molecule has 26 heavy (non-hydrogen) atoms. The largest absolute Gasteiger partial charge is 0.454 e. The van der Waals surface area contributed by atoms with E-state index in [0.717, 1.165) is 9.88 Å². The highest BCUT2D eigenvalue weighted by molar-refractivity contribution is 7.20. The van der Waals surface area contributed by atoms with Crippen LogP contribution in [0.15, 0.2) is 41.1 Å². The summed E-state index contributed by atoms with van der Waals surface area (Å²) in [4.78, 5) is 29.2. The number of ether oxygens (including phenoxy) is 3. The standard InChI is InChI=1S/C17H12N2O5S2/c20-15(18-10-3-4-12-13(6-10)24-9-23-12)7-22-17(21)11-8-26-16(19-11)14-2-1-5-25-14/h1-6,8H,7,9H2,(H,18,20). The summed E-state index contributed by atoms with van der Waals surface area (Å²) < 4.78 is 15.5. The minimum atomic E-state index is -0.634. The van der Waals surface area contributed by atoms with Gasteiger partial charge in [-0.3, -0.25) is 4.79 Å². The Labute approximate surface area is 156 Å². The SMILES string of the molecule is O=C(COC(=O)c1csc(-c2cccs2)n1)Nc1ccc2c(c1)OCO2. The number of hydrogen-bond acceptors (Lipinski definition) is 8. The Balaban J connectivity index is 1.32. The van der Waals surface area contributed by atoms with Crippen LogP contribution in [0, 0.1) is 0 Å². The number of nitrogens with zero attached hydrogens (tertiary/aromatic N) is 1. The molecule has 3 aromatic rings. The molecule has 0 fully saturated rings. The number of thiazole rings is 1. The number of benzene rings is 1. The summed E-state index contributed by atoms with van der Waals surface area (Å²) >= 11 is 2.90. The Kier molecular flexibility index (Phi) is 4.55. The number of carbonyl (C=O) groups is 2. The number of esters is 1. The van der Waals surface area contributed by atoms with Gasteiger partial charge in [-0.15, -0.1) is 22.7 Å². The lowest BCUT2D eigenvalue weighted by molar-refractivity contribution is -0.119. The van der Waals surface area contributed by atoms with Gasteiger partial charge in [-0.25, -0.2) is 9.78 Å². The van der Waals surface area contributed by atoms with E-state index in [0.29, 0.717) is 17.2 Å². The molecule has 0 saturated heterocycles. The van der Waals surface area contributed by atoms with E-state index in [2.05, 4.69) is 10.3 Å². The molecule has 0 spiro atoms. The van der Waals surface area contributed by atoms with Crippen molar-refractivity contribution < 1.29 is 23.8 Å². The third-order valence-electron chi connectivity index (χ3n) is 3.44. The lowest BCUT2D eigenvalue weighted by Gasteiger charge is -2.06. The van der Waals surface area contributed by atoms with E-state index in [9.17, 15) is 9.59 Å². The van der Waals surface area contributed by atoms with Crippen molar-refractivity contribution in [2.24, 2.45) is 0 Å². The van der Waals surface area contributed by atoms with Crippen LogP contribution in [0.3, 0.4) is 0 Å². The predicted molar refractivity (Wildman–Crippen MR) is 96.9 cm³/mol. The quantitative estimate of drug-likeness (QED) is 0.674. The molecule has 1 N–H and O–H groups in total. The van der Waals surface area contributed by atoms with Gasteiger partial charge in [-0.1, -0.05) is 6.07 Å². The fourth-order valence-corrected chi connectivity index (χ4v) is 3.86. The first-order chi connectivity index (χ1) is 12.7. The average Bonchev–Trinajstić information content (AvgIpc) is 3.39. The van der Waals surface area contributed by atoms with Crippen molar-refractivity contribution >= 4 is 40.2 Å². The summed E-state index contributed by atoms with van der Waals surface area (Å²) in [5.74, 6) is 0.0960. The van der Waals surface area contributed by atoms with Gasteiger partial charge < -0.3 is 19.5 Å². The second-order valence-electron chi connectivity index (χ2n) is 5.21. The highest BCUT2D eigenvalue weighted by atomic mass is 32.1. The molecule has 0 radical (unpaired) electrons. The van der Waals surface area contributed by atoms with E-state index in [1.165, 1.54) is 11.3 Å². The van der Waals surface area contributed by atoms with Crippen LogP contribution in [0.1, 0.15) is 10.5 Å². The van der Waals surface area contributed by atoms with E-state index in [-0.39, 0.29) is 12.5 Å². The van der Waals surface area contributed by atoms with Crippen LogP contribution in [-0.4, -0.2) is 30.3 Å². The van der Waals surface area contributed by atoms with Gasteiger partial charge in [0.25, 0.3) is 5.91 Å². The number of fused-ring (bicyclic) bond motifs is 1. The van der Waals surface area contributed by atoms with E-state index < -0.39 is 18.5 Å². The van der Waals surface area contributed by atoms with E-state index in [1.54, 1.807) is 34.9 Å². The second kappa shape index (κ2) is 7.14. The predicted octanol–water partition coefficient (Wildman–Crippen LogP) is 3.40. The summed E-state index contributed by atoms with van der Waals surface area (Å²) in [5, 5.41) is 6.94. The van der Waals surface area contributed by atoms with E-state index in [4.69, 9.17) is 14.2 Å². The number of aromatic nitrogens is 1. The van der Waals surface area contributed by atoms with Crippen LogP contribution in [0.2, 0.25) is 0 Å². The van der Waals surface area contributed by atoms with Crippen molar-refractivity contribution in [1.82, 2.24) is 4.98 Å². The molecular formula is C17H12N2O5S2. The summed E-state index contributed by atoms with van der Waals surface area (Å²) in [7, 11) is 0. The molecule has 0 unspecified atom stereocenters. The first-order valence-electron chi connectivity index (χ1n) is 7.55. The van der Waals surface area contributed by atoms with E-state index >= 15 is 0 Å². The van der Waals surface area contributed by atoms with Gasteiger partial charge in [0.2, 0.25) is 6.79 Å². The lowest BCUT2D eigenvalue weighted by atomic mass is 10.3. The topological polar surface area (TPSA) is 86.8 Å². The lowest BCUT2D eigenvalue weighted by Crippen LogP contribution is -2.21. The highest BCUT2D eigenvalue weighted by Crippen LogP contribution is 2.34. The average molecular weight is 388 g/mol. The number of hydrogen-bond donors (Lipinski definition) is 1. The van der Waals surface area contributed by atoms with Crippen molar-refractivity contribution in [1.29, 1.82) is 0 Å².